The van der Waals surface area contributed by atoms with Gasteiger partial charge in [-0.2, -0.15) is 0 Å². The smallest absolute Gasteiger partial charge is 0.0457 e. The first-order valence-electron chi connectivity index (χ1n) is 9.25. The molecule has 0 aromatic heterocycles. The average molecular weight is 309 g/mol. The van der Waals surface area contributed by atoms with Gasteiger partial charge in [0.05, 0.1) is 0 Å². The van der Waals surface area contributed by atoms with Gasteiger partial charge in [0.15, 0.2) is 0 Å². The van der Waals surface area contributed by atoms with Crippen molar-refractivity contribution in [1.29, 1.82) is 0 Å². The van der Waals surface area contributed by atoms with E-state index in [9.17, 15) is 9.90 Å². The summed E-state index contributed by atoms with van der Waals surface area (Å²) >= 11 is 0. The van der Waals surface area contributed by atoms with E-state index in [2.05, 4.69) is 12.1 Å². The minimum atomic E-state index is -0.826. The second-order valence-corrected chi connectivity index (χ2v) is 7.54. The molecule has 3 aliphatic rings. The predicted octanol–water partition coefficient (Wildman–Crippen LogP) is 3.83. The van der Waals surface area contributed by atoms with E-state index in [1.807, 2.05) is 18.2 Å². The molecule has 122 valence electrons. The fraction of sp³-hybridized carbons (Fsp3) is 0.571. The zero-order chi connectivity index (χ0) is 15.8. The number of benzene rings is 1. The Morgan fingerprint density at radius 1 is 0.870 bits per heavy atom. The molecule has 0 heterocycles. The highest BCUT2D eigenvalue weighted by Gasteiger charge is 2.45. The first-order chi connectivity index (χ1) is 11.3. The van der Waals surface area contributed by atoms with Crippen molar-refractivity contribution in [3.05, 3.63) is 47.0 Å². The number of hydrogen-bond acceptors (Lipinski definition) is 2. The van der Waals surface area contributed by atoms with Crippen LogP contribution in [0.25, 0.3) is 0 Å². The number of carbonyl (C=O) groups is 1. The van der Waals surface area contributed by atoms with Crippen molar-refractivity contribution < 1.29 is 9.90 Å². The Bertz CT molecular complexity index is 616. The lowest BCUT2D eigenvalue weighted by Gasteiger charge is -2.50. The average Bonchev–Trinajstić information content (AvgIpc) is 2.61. The van der Waals surface area contributed by atoms with Gasteiger partial charge in [-0.05, 0) is 61.8 Å². The zero-order valence-corrected chi connectivity index (χ0v) is 13.7. The molecule has 0 saturated heterocycles. The number of carboxylic acids is 1. The summed E-state index contributed by atoms with van der Waals surface area (Å²) in [5, 5.41) is 12.1. The van der Waals surface area contributed by atoms with E-state index in [-0.39, 0.29) is 17.8 Å². The molecule has 2 heteroatoms. The van der Waals surface area contributed by atoms with Crippen molar-refractivity contribution in [2.75, 3.05) is 0 Å². The molecule has 2 nitrogen and oxygen atoms in total. The van der Waals surface area contributed by atoms with Gasteiger partial charge in [0.25, 0.3) is 0 Å². The number of allylic oxidation sites excluding steroid dienone is 2. The van der Waals surface area contributed by atoms with Gasteiger partial charge >= 0.3 is 0 Å². The first-order valence-corrected chi connectivity index (χ1v) is 9.25. The van der Waals surface area contributed by atoms with E-state index in [4.69, 9.17) is 0 Å². The number of rotatable bonds is 2. The van der Waals surface area contributed by atoms with E-state index in [0.717, 1.165) is 25.7 Å². The van der Waals surface area contributed by atoms with Gasteiger partial charge in [0.2, 0.25) is 0 Å². The van der Waals surface area contributed by atoms with Crippen molar-refractivity contribution >= 4 is 5.97 Å². The summed E-state index contributed by atoms with van der Waals surface area (Å²) in [5.41, 5.74) is 4.35. The van der Waals surface area contributed by atoms with Gasteiger partial charge in [0.1, 0.15) is 0 Å². The Morgan fingerprint density at radius 2 is 1.48 bits per heavy atom. The lowest BCUT2D eigenvalue weighted by molar-refractivity contribution is -0.314. The normalized spacial score (nSPS) is 33.7. The molecule has 0 spiro atoms. The third-order valence-corrected chi connectivity index (χ3v) is 6.44. The van der Waals surface area contributed by atoms with Crippen LogP contribution < -0.4 is 5.11 Å². The Hall–Kier alpha value is -1.57. The van der Waals surface area contributed by atoms with Crippen LogP contribution >= 0.6 is 0 Å². The number of carboxylic acid groups (broad SMARTS) is 1. The maximum Gasteiger partial charge on any atom is 0.0457 e. The van der Waals surface area contributed by atoms with Gasteiger partial charge in [-0.25, -0.2) is 0 Å². The number of fused-ring (bicyclic) bond motifs is 2. The molecule has 2 saturated carbocycles. The second-order valence-electron chi connectivity index (χ2n) is 7.54. The minimum Gasteiger partial charge on any atom is -0.550 e. The monoisotopic (exact) mass is 309 g/mol. The lowest BCUT2D eigenvalue weighted by Crippen LogP contribution is -2.47. The quantitative estimate of drug-likeness (QED) is 0.779. The molecule has 0 radical (unpaired) electrons. The van der Waals surface area contributed by atoms with Crippen LogP contribution in [0.4, 0.5) is 0 Å². The van der Waals surface area contributed by atoms with Gasteiger partial charge in [-0.1, -0.05) is 54.3 Å². The number of hydrogen-bond donors (Lipinski definition) is 0. The van der Waals surface area contributed by atoms with E-state index in [1.54, 1.807) is 5.57 Å². The Labute approximate surface area is 138 Å². The highest BCUT2D eigenvalue weighted by Crippen LogP contribution is 2.55. The standard InChI is InChI=1S/C21H26O2/c22-21(23)20-18-13-7-5-11-16(18)15-10-4-6-12-17(15)19(20)14-8-2-1-3-9-14/h1-3,8-9,17-20H,4-7,10-13H2,(H,22,23)/p-1/t17-,18+,19-,20+/m1/s1. The van der Waals surface area contributed by atoms with Gasteiger partial charge in [0, 0.05) is 11.9 Å². The van der Waals surface area contributed by atoms with Gasteiger partial charge in [-0.15, -0.1) is 0 Å². The van der Waals surface area contributed by atoms with Crippen LogP contribution in [-0.4, -0.2) is 5.97 Å². The molecule has 1 aromatic rings. The molecular formula is C21H25O2-. The fourth-order valence-electron chi connectivity index (χ4n) is 5.59. The minimum absolute atomic E-state index is 0.114. The summed E-state index contributed by atoms with van der Waals surface area (Å²) in [6, 6.07) is 10.4. The van der Waals surface area contributed by atoms with Crippen molar-refractivity contribution in [2.24, 2.45) is 17.8 Å². The van der Waals surface area contributed by atoms with Gasteiger partial charge < -0.3 is 9.90 Å². The summed E-state index contributed by atoms with van der Waals surface area (Å²) in [7, 11) is 0. The molecule has 0 unspecified atom stereocenters. The molecule has 3 aliphatic carbocycles. The maximum absolute atomic E-state index is 12.1. The number of aliphatic carboxylic acids is 1. The van der Waals surface area contributed by atoms with E-state index >= 15 is 0 Å². The van der Waals surface area contributed by atoms with E-state index in [1.165, 1.54) is 36.8 Å². The first kappa shape index (κ1) is 15.0. The molecular weight excluding hydrogens is 284 g/mol. The van der Waals surface area contributed by atoms with Crippen molar-refractivity contribution in [2.45, 2.75) is 57.3 Å². The highest BCUT2D eigenvalue weighted by molar-refractivity contribution is 5.71. The summed E-state index contributed by atoms with van der Waals surface area (Å²) in [6.07, 6.45) is 9.41. The molecule has 1 aromatic carbocycles. The van der Waals surface area contributed by atoms with Gasteiger partial charge in [-0.3, -0.25) is 0 Å². The maximum atomic E-state index is 12.1. The molecule has 0 bridgehead atoms. The Kier molecular flexibility index (Phi) is 4.00. The van der Waals surface area contributed by atoms with Crippen LogP contribution in [0, 0.1) is 17.8 Å². The summed E-state index contributed by atoms with van der Waals surface area (Å²) in [5.74, 6) is -0.391. The predicted molar refractivity (Wildman–Crippen MR) is 88.6 cm³/mol. The Balaban J connectivity index is 1.85. The van der Waals surface area contributed by atoms with Crippen LogP contribution in [0.1, 0.15) is 62.8 Å². The fourth-order valence-corrected chi connectivity index (χ4v) is 5.59. The third-order valence-electron chi connectivity index (χ3n) is 6.44. The number of carbonyl (C=O) groups excluding carboxylic acids is 1. The molecule has 2 fully saturated rings. The molecule has 0 N–H and O–H groups in total. The summed E-state index contributed by atoms with van der Waals surface area (Å²) < 4.78 is 0. The SMILES string of the molecule is O=C([O-])[C@@H]1[C@H](c2ccccc2)[C@@H]2CCCCC2=C2CCCC[C@@H]21. The molecule has 23 heavy (non-hydrogen) atoms. The lowest BCUT2D eigenvalue weighted by atomic mass is 9.56. The molecule has 4 rings (SSSR count). The molecule has 0 aliphatic heterocycles. The van der Waals surface area contributed by atoms with E-state index < -0.39 is 5.97 Å². The largest absolute Gasteiger partial charge is 0.550 e. The molecule has 4 atom stereocenters. The van der Waals surface area contributed by atoms with Crippen molar-refractivity contribution in [1.82, 2.24) is 0 Å². The van der Waals surface area contributed by atoms with Crippen LogP contribution in [0.2, 0.25) is 0 Å². The second kappa shape index (κ2) is 6.14. The summed E-state index contributed by atoms with van der Waals surface area (Å²) in [6.45, 7) is 0. The topological polar surface area (TPSA) is 40.1 Å². The highest BCUT2D eigenvalue weighted by atomic mass is 16.4. The Morgan fingerprint density at radius 3 is 2.13 bits per heavy atom. The van der Waals surface area contributed by atoms with Crippen LogP contribution in [0.3, 0.4) is 0 Å². The van der Waals surface area contributed by atoms with Crippen LogP contribution in [0.5, 0.6) is 0 Å². The third kappa shape index (κ3) is 2.52. The summed E-state index contributed by atoms with van der Waals surface area (Å²) in [4.78, 5) is 12.1. The van der Waals surface area contributed by atoms with Crippen LogP contribution in [0.15, 0.2) is 41.5 Å². The zero-order valence-electron chi connectivity index (χ0n) is 13.7. The molecule has 0 amide bonds. The van der Waals surface area contributed by atoms with Crippen molar-refractivity contribution in [3.8, 4) is 0 Å². The van der Waals surface area contributed by atoms with E-state index in [0.29, 0.717) is 5.92 Å². The van der Waals surface area contributed by atoms with Crippen molar-refractivity contribution in [3.63, 3.8) is 0 Å². The van der Waals surface area contributed by atoms with Crippen LogP contribution in [-0.2, 0) is 4.79 Å².